The Morgan fingerprint density at radius 3 is 2.89 bits per heavy atom. The molecule has 0 bridgehead atoms. The summed E-state index contributed by atoms with van der Waals surface area (Å²) in [5.41, 5.74) is 1.16. The predicted molar refractivity (Wildman–Crippen MR) is 71.2 cm³/mol. The second-order valence-corrected chi connectivity index (χ2v) is 6.24. The Hall–Kier alpha value is 0.732. The molecular weight excluding hydrogens is 475 g/mol. The summed E-state index contributed by atoms with van der Waals surface area (Å²) < 4.78 is 6.03. The van der Waals surface area contributed by atoms with Gasteiger partial charge in [0.05, 0.1) is 6.10 Å². The summed E-state index contributed by atoms with van der Waals surface area (Å²) in [6, 6.07) is 6.19. The van der Waals surface area contributed by atoms with Gasteiger partial charge >= 0.3 is 0 Å². The summed E-state index contributed by atoms with van der Waals surface area (Å²) in [6.07, 6.45) is 0.215. The van der Waals surface area contributed by atoms with Crippen molar-refractivity contribution in [1.29, 1.82) is 0 Å². The van der Waals surface area contributed by atoms with E-state index in [0.29, 0.717) is 6.42 Å². The number of thioether (sulfide) groups is 1. The maximum absolute atomic E-state index is 9.95. The molecule has 0 amide bonds. The number of benzene rings is 1. The van der Waals surface area contributed by atoms with Gasteiger partial charge in [-0.3, -0.25) is 0 Å². The molecule has 0 unspecified atom stereocenters. The van der Waals surface area contributed by atoms with Crippen LogP contribution in [0.5, 0.6) is 5.75 Å². The maximum atomic E-state index is 9.95. The Balaban J connectivity index is 0.00000133. The number of hydrogen-bond donors (Lipinski definition) is 2. The molecule has 3 rings (SSSR count). The van der Waals surface area contributed by atoms with Crippen LogP contribution < -0.4 is 4.74 Å². The normalized spacial score (nSPS) is 31.3. The van der Waals surface area contributed by atoms with Gasteiger partial charge in [0.15, 0.2) is 0 Å². The predicted octanol–water partition coefficient (Wildman–Crippen LogP) is 2.02. The third-order valence-corrected chi connectivity index (χ3v) is 4.90. The van der Waals surface area contributed by atoms with E-state index in [9.17, 15) is 10.2 Å². The first-order chi connectivity index (χ1) is 8.76. The second kappa shape index (κ2) is 6.66. The zero-order valence-corrected chi connectivity index (χ0v) is 16.5. The Morgan fingerprint density at radius 2 is 2.21 bits per heavy atom. The van der Waals surface area contributed by atoms with E-state index in [1.54, 1.807) is 11.8 Å². The van der Waals surface area contributed by atoms with E-state index < -0.39 is 6.10 Å². The summed E-state index contributed by atoms with van der Waals surface area (Å²) in [5.74, 6) is 2.06. The van der Waals surface area contributed by atoms with Crippen molar-refractivity contribution in [3.63, 3.8) is 0 Å². The van der Waals surface area contributed by atoms with Gasteiger partial charge in [0, 0.05) is 79.4 Å². The molecule has 1 aliphatic carbocycles. The number of aliphatic hydroxyl groups is 2. The summed E-state index contributed by atoms with van der Waals surface area (Å²) in [6.45, 7) is 2.15. The van der Waals surface area contributed by atoms with E-state index in [4.69, 9.17) is 4.74 Å². The van der Waals surface area contributed by atoms with Crippen LogP contribution in [0.3, 0.4) is 0 Å². The minimum atomic E-state index is -0.444. The third-order valence-electron chi connectivity index (χ3n) is 3.98. The van der Waals surface area contributed by atoms with Crippen molar-refractivity contribution in [2.24, 2.45) is 5.92 Å². The van der Waals surface area contributed by atoms with Crippen molar-refractivity contribution in [1.82, 2.24) is 0 Å². The fourth-order valence-corrected chi connectivity index (χ4v) is 3.99. The van der Waals surface area contributed by atoms with Crippen molar-refractivity contribution in [3.05, 3.63) is 23.8 Å². The summed E-state index contributed by atoms with van der Waals surface area (Å²) in [4.78, 5) is 1.18. The molecule has 0 spiro atoms. The smallest absolute Gasteiger partial charge is 0.136 e. The van der Waals surface area contributed by atoms with Gasteiger partial charge in [-0.2, -0.15) is 0 Å². The molecule has 1 aliphatic heterocycles. The average molecular weight is 493 g/mol. The monoisotopic (exact) mass is 493 g/mol. The molecule has 19 heavy (non-hydrogen) atoms. The standard InChI is InChI=1S/C14H18O3S.Ac/c1-2-18-12-5-3-4-8-13-9(7-15)10(16)6-11(13)17-14(8)12;/h3-5,9-11,13,15-16H,2,6-7H2,1H3;/t9-,10+,11-,13+;/m0./s1. The van der Waals surface area contributed by atoms with Crippen molar-refractivity contribution < 1.29 is 59.0 Å². The maximum Gasteiger partial charge on any atom is 0.136 e. The zero-order chi connectivity index (χ0) is 12.7. The van der Waals surface area contributed by atoms with Crippen LogP contribution in [0.4, 0.5) is 0 Å². The van der Waals surface area contributed by atoms with E-state index in [-0.39, 0.29) is 68.6 Å². The van der Waals surface area contributed by atoms with Gasteiger partial charge in [-0.1, -0.05) is 19.1 Å². The molecular formula is C14H18AcO3S. The summed E-state index contributed by atoms with van der Waals surface area (Å²) in [5, 5.41) is 19.4. The first-order valence-corrected chi connectivity index (χ1v) is 7.46. The van der Waals surface area contributed by atoms with Gasteiger partial charge < -0.3 is 14.9 Å². The molecule has 1 heterocycles. The number of fused-ring (bicyclic) bond motifs is 3. The third kappa shape index (κ3) is 2.74. The van der Waals surface area contributed by atoms with Crippen molar-refractivity contribution in [2.45, 2.75) is 36.4 Å². The zero-order valence-electron chi connectivity index (χ0n) is 11.0. The fraction of sp³-hybridized carbons (Fsp3) is 0.571. The van der Waals surface area contributed by atoms with E-state index >= 15 is 0 Å². The topological polar surface area (TPSA) is 49.7 Å². The minimum Gasteiger partial charge on any atom is -0.488 e. The molecule has 2 aliphatic rings. The van der Waals surface area contributed by atoms with Crippen LogP contribution in [-0.4, -0.2) is 34.8 Å². The SMILES string of the molecule is CCSc1cccc2c1O[C@H]1C[C@@H](O)[C@H](CO)[C@@H]21.[Ac]. The molecule has 5 heteroatoms. The number of para-hydroxylation sites is 1. The van der Waals surface area contributed by atoms with E-state index in [2.05, 4.69) is 19.1 Å². The number of aliphatic hydroxyl groups excluding tert-OH is 2. The van der Waals surface area contributed by atoms with Gasteiger partial charge in [0.2, 0.25) is 0 Å². The number of ether oxygens (including phenoxy) is 1. The van der Waals surface area contributed by atoms with Crippen LogP contribution in [-0.2, 0) is 0 Å². The molecule has 2 N–H and O–H groups in total. The van der Waals surface area contributed by atoms with Gasteiger partial charge in [0.1, 0.15) is 11.9 Å². The van der Waals surface area contributed by atoms with Crippen LogP contribution >= 0.6 is 11.8 Å². The van der Waals surface area contributed by atoms with E-state index in [1.807, 2.05) is 6.07 Å². The van der Waals surface area contributed by atoms with E-state index in [1.165, 1.54) is 4.90 Å². The largest absolute Gasteiger partial charge is 0.488 e. The first-order valence-electron chi connectivity index (χ1n) is 6.47. The van der Waals surface area contributed by atoms with Gasteiger partial charge in [-0.25, -0.2) is 0 Å². The first kappa shape index (κ1) is 16.1. The quantitative estimate of drug-likeness (QED) is 0.633. The molecule has 1 fully saturated rings. The molecule has 1 aromatic rings. The van der Waals surface area contributed by atoms with Gasteiger partial charge in [-0.15, -0.1) is 11.8 Å². The molecule has 0 saturated heterocycles. The van der Waals surface area contributed by atoms with Gasteiger partial charge in [0.25, 0.3) is 0 Å². The fourth-order valence-electron chi connectivity index (χ4n) is 3.20. The molecule has 0 aromatic heterocycles. The average Bonchev–Trinajstić information content (AvgIpc) is 2.85. The van der Waals surface area contributed by atoms with Crippen LogP contribution in [0.15, 0.2) is 23.1 Å². The minimum absolute atomic E-state index is 0. The van der Waals surface area contributed by atoms with Crippen molar-refractivity contribution in [2.75, 3.05) is 12.4 Å². The number of hydrogen-bond acceptors (Lipinski definition) is 4. The van der Waals surface area contributed by atoms with Gasteiger partial charge in [-0.05, 0) is 11.8 Å². The van der Waals surface area contributed by atoms with Crippen LogP contribution in [0.25, 0.3) is 0 Å². The Morgan fingerprint density at radius 1 is 1.42 bits per heavy atom. The number of rotatable bonds is 3. The molecule has 4 atom stereocenters. The Bertz CT molecular complexity index is 454. The molecule has 3 nitrogen and oxygen atoms in total. The molecule has 101 valence electrons. The Labute approximate surface area is 153 Å². The van der Waals surface area contributed by atoms with Crippen molar-refractivity contribution >= 4 is 11.8 Å². The molecule has 1 saturated carbocycles. The van der Waals surface area contributed by atoms with Crippen LogP contribution in [0.1, 0.15) is 24.8 Å². The second-order valence-electron chi connectivity index (χ2n) is 4.94. The van der Waals surface area contributed by atoms with Crippen molar-refractivity contribution in [3.8, 4) is 5.75 Å². The summed E-state index contributed by atoms with van der Waals surface area (Å²) in [7, 11) is 0. The van der Waals surface area contributed by atoms with E-state index in [0.717, 1.165) is 17.1 Å². The van der Waals surface area contributed by atoms with Crippen LogP contribution in [0, 0.1) is 50.0 Å². The Kier molecular flexibility index (Phi) is 5.65. The molecule has 1 radical (unpaired) electrons. The summed E-state index contributed by atoms with van der Waals surface area (Å²) >= 11 is 1.78. The molecule has 1 aromatic carbocycles. The van der Waals surface area contributed by atoms with Crippen LogP contribution in [0.2, 0.25) is 0 Å².